The predicted molar refractivity (Wildman–Crippen MR) is 299 cm³/mol. The summed E-state index contributed by atoms with van der Waals surface area (Å²) in [4.78, 5) is 158. The molecule has 0 fully saturated rings. The monoisotopic (exact) mass is 1130 g/mol. The summed E-state index contributed by atoms with van der Waals surface area (Å²) in [6.45, 7) is 11.5. The molecule has 4 aromatic rings. The first-order chi connectivity index (χ1) is 38.6. The highest BCUT2D eigenvalue weighted by Gasteiger charge is 2.43. The van der Waals surface area contributed by atoms with Crippen molar-refractivity contribution in [3.8, 4) is 11.5 Å². The first-order valence-corrected chi connectivity index (χ1v) is 27.1. The van der Waals surface area contributed by atoms with Gasteiger partial charge in [0.05, 0.1) is 11.0 Å². The molecule has 6 N–H and O–H groups in total. The Morgan fingerprint density at radius 1 is 0.549 bits per heavy atom. The summed E-state index contributed by atoms with van der Waals surface area (Å²) in [7, 11) is 5.27. The molecule has 2 aliphatic rings. The average Bonchev–Trinajstić information content (AvgIpc) is 3.55. The molecule has 2 bridgehead atoms. The van der Waals surface area contributed by atoms with Crippen LogP contribution in [0.25, 0.3) is 21.8 Å². The second-order valence-corrected chi connectivity index (χ2v) is 21.7. The molecule has 4 heterocycles. The van der Waals surface area contributed by atoms with Crippen LogP contribution in [0.15, 0.2) is 72.8 Å². The Balaban J connectivity index is 1.46. The topological polar surface area (TPSA) is 316 Å². The quantitative estimate of drug-likeness (QED) is 0.109. The van der Waals surface area contributed by atoms with Crippen LogP contribution in [0.2, 0.25) is 0 Å². The molecular formula is C58H74N10O14. The number of aromatic nitrogens is 2. The maximum Gasteiger partial charge on any atom is 0.329 e. The molecule has 2 aromatic heterocycles. The van der Waals surface area contributed by atoms with E-state index in [0.29, 0.717) is 21.8 Å². The molecule has 24 nitrogen and oxygen atoms in total. The molecule has 440 valence electrons. The number of aromatic hydroxyl groups is 2. The molecule has 0 spiro atoms. The highest BCUT2D eigenvalue weighted by Crippen LogP contribution is 2.27. The second-order valence-electron chi connectivity index (χ2n) is 21.7. The fourth-order valence-corrected chi connectivity index (χ4v) is 9.76. The number of amides is 8. The van der Waals surface area contributed by atoms with E-state index in [1.807, 2.05) is 0 Å². The number of carbonyl (C=O) groups excluding carboxylic acids is 10. The van der Waals surface area contributed by atoms with Crippen LogP contribution < -0.4 is 21.3 Å². The minimum Gasteiger partial charge on any atom is -0.505 e. The number of para-hydroxylation sites is 2. The van der Waals surface area contributed by atoms with E-state index < -0.39 is 155 Å². The van der Waals surface area contributed by atoms with Crippen molar-refractivity contribution in [3.63, 3.8) is 0 Å². The number of hydrogen-bond donors (Lipinski definition) is 6. The number of benzene rings is 2. The number of hydrogen-bond acceptors (Lipinski definition) is 16. The van der Waals surface area contributed by atoms with Crippen LogP contribution in [0.3, 0.4) is 0 Å². The number of nitrogens with one attached hydrogen (secondary N) is 4. The maximum absolute atomic E-state index is 15.1. The summed E-state index contributed by atoms with van der Waals surface area (Å²) >= 11 is 0. The Labute approximate surface area is 475 Å². The number of carbonyl (C=O) groups is 10. The van der Waals surface area contributed by atoms with Gasteiger partial charge < -0.3 is 60.6 Å². The fraction of sp³-hybridized carbons (Fsp3) is 0.483. The van der Waals surface area contributed by atoms with E-state index in [1.54, 1.807) is 90.1 Å². The Hall–Kier alpha value is -8.70. The molecule has 8 amide bonds. The van der Waals surface area contributed by atoms with Crippen molar-refractivity contribution in [1.29, 1.82) is 0 Å². The molecule has 10 atom stereocenters. The zero-order chi connectivity index (χ0) is 60.6. The van der Waals surface area contributed by atoms with E-state index in [1.165, 1.54) is 66.3 Å². The van der Waals surface area contributed by atoms with E-state index in [-0.39, 0.29) is 24.7 Å². The highest BCUT2D eigenvalue weighted by atomic mass is 16.5. The van der Waals surface area contributed by atoms with E-state index in [4.69, 9.17) is 9.47 Å². The first kappa shape index (κ1) is 62.5. The van der Waals surface area contributed by atoms with Crippen molar-refractivity contribution >= 4 is 81.0 Å². The number of nitrogens with zero attached hydrogens (tertiary/aromatic N) is 6. The summed E-state index contributed by atoms with van der Waals surface area (Å²) in [6, 6.07) is 3.79. The van der Waals surface area contributed by atoms with Gasteiger partial charge in [-0.3, -0.25) is 38.4 Å². The smallest absolute Gasteiger partial charge is 0.329 e. The van der Waals surface area contributed by atoms with Crippen LogP contribution in [0.4, 0.5) is 0 Å². The lowest BCUT2D eigenvalue weighted by atomic mass is 9.88. The number of pyridine rings is 2. The van der Waals surface area contributed by atoms with Crippen molar-refractivity contribution in [2.75, 3.05) is 41.4 Å². The van der Waals surface area contributed by atoms with Gasteiger partial charge in [0.25, 0.3) is 11.8 Å². The molecule has 6 rings (SSSR count). The van der Waals surface area contributed by atoms with Crippen LogP contribution >= 0.6 is 0 Å². The molecule has 0 radical (unpaired) electrons. The van der Waals surface area contributed by atoms with Crippen molar-refractivity contribution in [3.05, 3.63) is 84.2 Å². The van der Waals surface area contributed by atoms with Gasteiger partial charge in [0.2, 0.25) is 35.4 Å². The van der Waals surface area contributed by atoms with Crippen molar-refractivity contribution < 1.29 is 67.6 Å². The zero-order valence-corrected chi connectivity index (χ0v) is 48.2. The number of ether oxygens (including phenoxy) is 2. The zero-order valence-electron chi connectivity index (χ0n) is 48.2. The van der Waals surface area contributed by atoms with Gasteiger partial charge in [-0.25, -0.2) is 19.6 Å². The molecule has 82 heavy (non-hydrogen) atoms. The maximum atomic E-state index is 15.1. The highest BCUT2D eigenvalue weighted by molar-refractivity contribution is 6.03. The van der Waals surface area contributed by atoms with E-state index >= 15 is 9.59 Å². The summed E-state index contributed by atoms with van der Waals surface area (Å²) < 4.78 is 11.6. The molecule has 24 heteroatoms. The van der Waals surface area contributed by atoms with Gasteiger partial charge in [-0.2, -0.15) is 0 Å². The van der Waals surface area contributed by atoms with Gasteiger partial charge in [-0.1, -0.05) is 90.1 Å². The van der Waals surface area contributed by atoms with Gasteiger partial charge >= 0.3 is 11.9 Å². The minimum atomic E-state index is -1.77. The van der Waals surface area contributed by atoms with Gasteiger partial charge in [-0.15, -0.1) is 0 Å². The largest absolute Gasteiger partial charge is 0.505 e. The van der Waals surface area contributed by atoms with Crippen molar-refractivity contribution in [2.45, 2.75) is 117 Å². The fourth-order valence-electron chi connectivity index (χ4n) is 9.76. The summed E-state index contributed by atoms with van der Waals surface area (Å²) in [5.41, 5.74) is -0.285. The molecule has 2 aliphatic heterocycles. The Morgan fingerprint density at radius 2 is 0.890 bits per heavy atom. The van der Waals surface area contributed by atoms with Gasteiger partial charge in [-0.05, 0) is 74.6 Å². The van der Waals surface area contributed by atoms with Crippen molar-refractivity contribution in [2.24, 2.45) is 23.7 Å². The van der Waals surface area contributed by atoms with Crippen LogP contribution in [0.1, 0.15) is 89.2 Å². The van der Waals surface area contributed by atoms with E-state index in [9.17, 15) is 48.6 Å². The Morgan fingerprint density at radius 3 is 1.23 bits per heavy atom. The SMILES string of the molecule is CC(C)C(C)[C@H]1C(=O)OC[C@@H](NC(=O)c2nc3ccccc3cc2O)C(=O)N[C@@H](C)C(=O)N(C)[C@H]2C/C=C\C[C@@H](C(=O)N1C)N(C)C(=O)[C@H](C)NC(=O)[C@H](NC(=O)c1nc3ccccc3cc1O)COC(=O)[C@H](C(C)C(C)C)N(C)C2=O. The normalized spacial score (nSPS) is 24.8. The number of likely N-dealkylation sites (N-methyl/N-ethyl adjacent to an activating group) is 4. The first-order valence-electron chi connectivity index (χ1n) is 27.1. The van der Waals surface area contributed by atoms with Gasteiger partial charge in [0.1, 0.15) is 73.0 Å². The summed E-state index contributed by atoms with van der Waals surface area (Å²) in [5.74, 6) is -12.4. The van der Waals surface area contributed by atoms with Gasteiger partial charge in [0.15, 0.2) is 11.4 Å². The van der Waals surface area contributed by atoms with Crippen LogP contribution in [0, 0.1) is 23.7 Å². The van der Waals surface area contributed by atoms with E-state index in [0.717, 1.165) is 19.6 Å². The lowest BCUT2D eigenvalue weighted by molar-refractivity contribution is -0.161. The average molecular weight is 1140 g/mol. The summed E-state index contributed by atoms with van der Waals surface area (Å²) in [6.07, 6.45) is 2.51. The molecule has 0 aliphatic carbocycles. The molecule has 2 aromatic carbocycles. The lowest BCUT2D eigenvalue weighted by Gasteiger charge is -2.38. The lowest BCUT2D eigenvalue weighted by Crippen LogP contribution is -2.60. The Bertz CT molecular complexity index is 2940. The molecule has 0 saturated carbocycles. The van der Waals surface area contributed by atoms with Crippen LogP contribution in [-0.2, 0) is 47.8 Å². The third-order valence-electron chi connectivity index (χ3n) is 15.5. The number of esters is 2. The van der Waals surface area contributed by atoms with Crippen LogP contribution in [0.5, 0.6) is 11.5 Å². The standard InChI is InChI=1S/C58H74N10O14/c1-29(2)31(5)47-57(79)81-27-39(63-51(73)45-43(69)25-35-19-13-15-21-37(35)61-45)49(71)59-34(8)54(76)66(10)42-24-18-17-23-41(55(77)67(47)11)65(9)53(75)33(7)60-50(72)40(28-82-58(80)48(32(6)30(3)4)68(12)56(42)78)64-52(74)46-44(70)26-36-20-14-16-22-38(36)62-46/h13-22,25-26,29-34,39-42,47-48,69-70H,23-24,27-28H2,1-12H3,(H,59,71)(H,60,72)(H,63,73)(H,64,74)/b18-17-/t31?,32?,33-,34-,39+,40+,41-,42-,47-,48-/m0/s1. The number of cyclic esters (lactones) is 2. The number of fused-ring (bicyclic) bond motifs is 6. The molecule has 0 saturated heterocycles. The molecular weight excluding hydrogens is 1060 g/mol. The Kier molecular flexibility index (Phi) is 20.4. The second kappa shape index (κ2) is 26.7. The third-order valence-corrected chi connectivity index (χ3v) is 15.5. The van der Waals surface area contributed by atoms with Crippen LogP contribution in [-0.4, -0.2) is 189 Å². The number of rotatable bonds is 8. The molecule has 2 unspecified atom stereocenters. The van der Waals surface area contributed by atoms with Gasteiger partial charge in [0, 0.05) is 39.0 Å². The third kappa shape index (κ3) is 14.1. The van der Waals surface area contributed by atoms with Crippen molar-refractivity contribution in [1.82, 2.24) is 50.8 Å². The summed E-state index contributed by atoms with van der Waals surface area (Å²) in [5, 5.41) is 32.9. The minimum absolute atomic E-state index is 0.255. The van der Waals surface area contributed by atoms with E-state index in [2.05, 4.69) is 31.2 Å². The predicted octanol–water partition coefficient (Wildman–Crippen LogP) is 2.44.